The highest BCUT2D eigenvalue weighted by atomic mass is 16.2. The van der Waals surface area contributed by atoms with Crippen LogP contribution in [0.4, 0.5) is 0 Å². The summed E-state index contributed by atoms with van der Waals surface area (Å²) in [5, 5.41) is 1.06. The summed E-state index contributed by atoms with van der Waals surface area (Å²) < 4.78 is 0. The van der Waals surface area contributed by atoms with Crippen LogP contribution in [0.5, 0.6) is 0 Å². The molecule has 0 aliphatic carbocycles. The zero-order valence-electron chi connectivity index (χ0n) is 16.9. The van der Waals surface area contributed by atoms with Gasteiger partial charge in [-0.25, -0.2) is 0 Å². The van der Waals surface area contributed by atoms with E-state index in [2.05, 4.69) is 35.0 Å². The predicted octanol–water partition coefficient (Wildman–Crippen LogP) is 3.11. The molecule has 5 nitrogen and oxygen atoms in total. The number of nitrogens with one attached hydrogen (secondary N) is 1. The van der Waals surface area contributed by atoms with Crippen molar-refractivity contribution in [3.8, 4) is 0 Å². The third-order valence-electron chi connectivity index (χ3n) is 5.67. The summed E-state index contributed by atoms with van der Waals surface area (Å²) in [5.41, 5.74) is 4.01. The van der Waals surface area contributed by atoms with Crippen molar-refractivity contribution in [3.05, 3.63) is 81.6 Å². The Morgan fingerprint density at radius 1 is 1.00 bits per heavy atom. The lowest BCUT2D eigenvalue weighted by molar-refractivity contribution is -0.133. The zero-order valence-corrected chi connectivity index (χ0v) is 16.9. The van der Waals surface area contributed by atoms with Crippen LogP contribution in [0.3, 0.4) is 0 Å². The van der Waals surface area contributed by atoms with Crippen LogP contribution in [0, 0.1) is 6.92 Å². The fourth-order valence-corrected chi connectivity index (χ4v) is 3.94. The van der Waals surface area contributed by atoms with Gasteiger partial charge in [-0.1, -0.05) is 42.0 Å². The first kappa shape index (κ1) is 19.4. The van der Waals surface area contributed by atoms with Gasteiger partial charge in [0.05, 0.1) is 0 Å². The fraction of sp³-hybridized carbons (Fsp3) is 0.333. The van der Waals surface area contributed by atoms with Gasteiger partial charge in [-0.05, 0) is 42.5 Å². The summed E-state index contributed by atoms with van der Waals surface area (Å²) in [7, 11) is 0. The number of piperazine rings is 1. The highest BCUT2D eigenvalue weighted by Crippen LogP contribution is 2.15. The molecule has 0 radical (unpaired) electrons. The molecule has 1 fully saturated rings. The quantitative estimate of drug-likeness (QED) is 0.730. The Labute approximate surface area is 171 Å². The predicted molar refractivity (Wildman–Crippen MR) is 116 cm³/mol. The zero-order chi connectivity index (χ0) is 20.2. The fourth-order valence-electron chi connectivity index (χ4n) is 3.94. The monoisotopic (exact) mass is 389 g/mol. The number of fused-ring (bicyclic) bond motifs is 1. The van der Waals surface area contributed by atoms with Crippen LogP contribution in [0.25, 0.3) is 10.9 Å². The van der Waals surface area contributed by atoms with Gasteiger partial charge in [0.25, 0.3) is 5.56 Å². The second-order valence-electron chi connectivity index (χ2n) is 7.86. The van der Waals surface area contributed by atoms with Crippen LogP contribution >= 0.6 is 0 Å². The highest BCUT2D eigenvalue weighted by Gasteiger charge is 2.21. The molecule has 2 heterocycles. The van der Waals surface area contributed by atoms with Crippen molar-refractivity contribution in [3.63, 3.8) is 0 Å². The van der Waals surface area contributed by atoms with Gasteiger partial charge >= 0.3 is 0 Å². The van der Waals surface area contributed by atoms with E-state index in [0.29, 0.717) is 13.0 Å². The molecular formula is C24H27N3O2. The normalized spacial score (nSPS) is 15.0. The molecule has 5 heteroatoms. The van der Waals surface area contributed by atoms with E-state index in [1.54, 1.807) is 0 Å². The lowest BCUT2D eigenvalue weighted by Gasteiger charge is -2.34. The minimum atomic E-state index is -0.0253. The van der Waals surface area contributed by atoms with Crippen molar-refractivity contribution < 1.29 is 4.79 Å². The smallest absolute Gasteiger partial charge is 0.252 e. The molecular weight excluding hydrogens is 362 g/mol. The molecule has 4 rings (SSSR count). The van der Waals surface area contributed by atoms with Crippen molar-refractivity contribution in [2.75, 3.05) is 26.2 Å². The second-order valence-corrected chi connectivity index (χ2v) is 7.86. The number of aryl methyl sites for hydroxylation is 2. The lowest BCUT2D eigenvalue weighted by Crippen LogP contribution is -2.48. The number of carbonyl (C=O) groups is 1. The first-order chi connectivity index (χ1) is 14.1. The number of hydrogen-bond acceptors (Lipinski definition) is 3. The van der Waals surface area contributed by atoms with Gasteiger partial charge in [-0.3, -0.25) is 14.5 Å². The third kappa shape index (κ3) is 4.74. The van der Waals surface area contributed by atoms with E-state index < -0.39 is 0 Å². The molecule has 0 atom stereocenters. The van der Waals surface area contributed by atoms with E-state index in [1.807, 2.05) is 41.3 Å². The summed E-state index contributed by atoms with van der Waals surface area (Å²) in [6.07, 6.45) is 1.33. The van der Waals surface area contributed by atoms with Gasteiger partial charge in [0.1, 0.15) is 0 Å². The standard InChI is InChI=1S/C24H27N3O2/c1-18-7-9-22-20(15-18)16-21(24(29)25-22)17-26-11-13-27(14-12-26)23(28)10-8-19-5-3-2-4-6-19/h2-7,9,15-16H,8,10-14,17H2,1H3,(H,25,29). The number of pyridine rings is 1. The number of nitrogens with zero attached hydrogens (tertiary/aromatic N) is 2. The molecule has 2 aromatic carbocycles. The minimum Gasteiger partial charge on any atom is -0.340 e. The van der Waals surface area contributed by atoms with E-state index in [0.717, 1.165) is 49.1 Å². The molecule has 0 unspecified atom stereocenters. The van der Waals surface area contributed by atoms with Crippen LogP contribution in [0.1, 0.15) is 23.1 Å². The van der Waals surface area contributed by atoms with Crippen LogP contribution in [0.15, 0.2) is 59.4 Å². The highest BCUT2D eigenvalue weighted by molar-refractivity contribution is 5.79. The topological polar surface area (TPSA) is 56.4 Å². The molecule has 1 N–H and O–H groups in total. The number of rotatable bonds is 5. The van der Waals surface area contributed by atoms with Gasteiger partial charge in [-0.2, -0.15) is 0 Å². The summed E-state index contributed by atoms with van der Waals surface area (Å²) in [4.78, 5) is 32.2. The molecule has 0 spiro atoms. The van der Waals surface area contributed by atoms with Crippen LogP contribution in [-0.2, 0) is 17.8 Å². The van der Waals surface area contributed by atoms with Crippen molar-refractivity contribution in [1.29, 1.82) is 0 Å². The summed E-state index contributed by atoms with van der Waals surface area (Å²) in [6, 6.07) is 18.2. The summed E-state index contributed by atoms with van der Waals surface area (Å²) in [5.74, 6) is 0.215. The van der Waals surface area contributed by atoms with E-state index in [9.17, 15) is 9.59 Å². The van der Waals surface area contributed by atoms with Crippen LogP contribution in [-0.4, -0.2) is 46.9 Å². The van der Waals surface area contributed by atoms with Gasteiger partial charge in [0, 0.05) is 50.2 Å². The molecule has 0 saturated carbocycles. The maximum atomic E-state index is 12.5. The number of aromatic nitrogens is 1. The number of hydrogen-bond donors (Lipinski definition) is 1. The second kappa shape index (κ2) is 8.62. The Kier molecular flexibility index (Phi) is 5.76. The Morgan fingerprint density at radius 2 is 1.76 bits per heavy atom. The van der Waals surface area contributed by atoms with Crippen molar-refractivity contribution in [2.45, 2.75) is 26.3 Å². The average molecular weight is 389 g/mol. The number of H-pyrrole nitrogens is 1. The number of aromatic amines is 1. The largest absolute Gasteiger partial charge is 0.340 e. The van der Waals surface area contributed by atoms with Crippen LogP contribution < -0.4 is 5.56 Å². The van der Waals surface area contributed by atoms with Gasteiger partial charge in [-0.15, -0.1) is 0 Å². The maximum absolute atomic E-state index is 12.5. The molecule has 1 amide bonds. The molecule has 1 aliphatic heterocycles. The van der Waals surface area contributed by atoms with E-state index in [-0.39, 0.29) is 11.5 Å². The van der Waals surface area contributed by atoms with E-state index in [1.165, 1.54) is 11.1 Å². The first-order valence-corrected chi connectivity index (χ1v) is 10.2. The van der Waals surface area contributed by atoms with Crippen LogP contribution in [0.2, 0.25) is 0 Å². The minimum absolute atomic E-state index is 0.0253. The first-order valence-electron chi connectivity index (χ1n) is 10.2. The summed E-state index contributed by atoms with van der Waals surface area (Å²) >= 11 is 0. The van der Waals surface area contributed by atoms with Gasteiger partial charge < -0.3 is 9.88 Å². The van der Waals surface area contributed by atoms with Gasteiger partial charge in [0.2, 0.25) is 5.91 Å². The van der Waals surface area contributed by atoms with E-state index >= 15 is 0 Å². The molecule has 1 aliphatic rings. The number of benzene rings is 2. The Bertz CT molecular complexity index is 1050. The van der Waals surface area contributed by atoms with Crippen molar-refractivity contribution >= 4 is 16.8 Å². The van der Waals surface area contributed by atoms with E-state index in [4.69, 9.17) is 0 Å². The molecule has 29 heavy (non-hydrogen) atoms. The lowest BCUT2D eigenvalue weighted by atomic mass is 10.1. The van der Waals surface area contributed by atoms with Crippen molar-refractivity contribution in [2.24, 2.45) is 0 Å². The average Bonchev–Trinajstić information content (AvgIpc) is 2.74. The molecule has 150 valence electrons. The molecule has 3 aromatic rings. The SMILES string of the molecule is Cc1ccc2[nH]c(=O)c(CN3CCN(C(=O)CCc4ccccc4)CC3)cc2c1. The molecule has 1 saturated heterocycles. The number of carbonyl (C=O) groups excluding carboxylic acids is 1. The third-order valence-corrected chi connectivity index (χ3v) is 5.67. The maximum Gasteiger partial charge on any atom is 0.252 e. The van der Waals surface area contributed by atoms with Gasteiger partial charge in [0.15, 0.2) is 0 Å². The Balaban J connectivity index is 1.33. The Hall–Kier alpha value is -2.92. The molecule has 0 bridgehead atoms. The van der Waals surface area contributed by atoms with Crippen molar-refractivity contribution in [1.82, 2.24) is 14.8 Å². The molecule has 1 aromatic heterocycles. The summed E-state index contributed by atoms with van der Waals surface area (Å²) in [6.45, 7) is 5.70. The Morgan fingerprint density at radius 3 is 2.52 bits per heavy atom. The number of amides is 1.